The van der Waals surface area contributed by atoms with Crippen molar-refractivity contribution in [2.75, 3.05) is 38.1 Å². The normalized spacial score (nSPS) is 16.6. The van der Waals surface area contributed by atoms with E-state index < -0.39 is 0 Å². The molecule has 0 atom stereocenters. The van der Waals surface area contributed by atoms with E-state index >= 15 is 0 Å². The van der Waals surface area contributed by atoms with E-state index in [1.807, 2.05) is 13.0 Å². The first kappa shape index (κ1) is 18.0. The van der Waals surface area contributed by atoms with E-state index in [1.165, 1.54) is 0 Å². The van der Waals surface area contributed by atoms with Crippen molar-refractivity contribution in [3.8, 4) is 5.75 Å². The number of hydrogen-bond acceptors (Lipinski definition) is 4. The van der Waals surface area contributed by atoms with Gasteiger partial charge < -0.3 is 25.2 Å². The Morgan fingerprint density at radius 3 is 2.85 bits per heavy atom. The Bertz CT molecular complexity index is 706. The molecule has 1 fully saturated rings. The van der Waals surface area contributed by atoms with Gasteiger partial charge in [-0.05, 0) is 31.5 Å². The molecule has 0 bridgehead atoms. The number of urea groups is 1. The lowest BCUT2D eigenvalue weighted by atomic mass is 10.1. The molecular weight excluding hydrogens is 336 g/mol. The molecular formula is C18H24N4O4. The number of fused-ring (bicyclic) bond motifs is 1. The quantitative estimate of drug-likeness (QED) is 0.843. The highest BCUT2D eigenvalue weighted by Gasteiger charge is 2.26. The fraction of sp³-hybridized carbons (Fsp3) is 0.500. The van der Waals surface area contributed by atoms with Crippen LogP contribution in [0.2, 0.25) is 0 Å². The van der Waals surface area contributed by atoms with Crippen molar-refractivity contribution in [1.29, 1.82) is 0 Å². The molecule has 1 aromatic rings. The molecule has 2 heterocycles. The minimum absolute atomic E-state index is 0.0400. The standard InChI is InChI=1S/C18H24N4O4/c1-2-19-18(25)20-14-5-6-15-13(10-14)11-22(8-9-26-15)17(24)12-21-7-3-4-16(21)23/h5-6,10H,2-4,7-9,11-12H2,1H3,(H2,19,20,25). The van der Waals surface area contributed by atoms with Gasteiger partial charge in [0.2, 0.25) is 11.8 Å². The van der Waals surface area contributed by atoms with Crippen molar-refractivity contribution in [3.63, 3.8) is 0 Å². The molecule has 0 spiro atoms. The predicted molar refractivity (Wildman–Crippen MR) is 95.9 cm³/mol. The van der Waals surface area contributed by atoms with E-state index in [2.05, 4.69) is 10.6 Å². The van der Waals surface area contributed by atoms with Crippen LogP contribution in [-0.2, 0) is 16.1 Å². The Hall–Kier alpha value is -2.77. The lowest BCUT2D eigenvalue weighted by Gasteiger charge is -2.23. The summed E-state index contributed by atoms with van der Waals surface area (Å²) in [5.74, 6) is 0.663. The second-order valence-corrected chi connectivity index (χ2v) is 6.39. The Morgan fingerprint density at radius 1 is 1.27 bits per heavy atom. The maximum absolute atomic E-state index is 12.6. The van der Waals surface area contributed by atoms with Crippen molar-refractivity contribution in [2.45, 2.75) is 26.3 Å². The summed E-state index contributed by atoms with van der Waals surface area (Å²) < 4.78 is 5.72. The molecule has 0 saturated carbocycles. The maximum Gasteiger partial charge on any atom is 0.319 e. The van der Waals surface area contributed by atoms with Crippen LogP contribution in [0.3, 0.4) is 0 Å². The highest BCUT2D eigenvalue weighted by Crippen LogP contribution is 2.26. The zero-order chi connectivity index (χ0) is 18.5. The Balaban J connectivity index is 1.68. The number of likely N-dealkylation sites (tertiary alicyclic amines) is 1. The van der Waals surface area contributed by atoms with Crippen LogP contribution in [0.25, 0.3) is 0 Å². The van der Waals surface area contributed by atoms with Gasteiger partial charge in [-0.1, -0.05) is 0 Å². The van der Waals surface area contributed by atoms with E-state index in [4.69, 9.17) is 4.74 Å². The minimum atomic E-state index is -0.275. The van der Waals surface area contributed by atoms with Crippen LogP contribution in [-0.4, -0.2) is 60.4 Å². The second-order valence-electron chi connectivity index (χ2n) is 6.39. The first-order valence-electron chi connectivity index (χ1n) is 8.93. The average molecular weight is 360 g/mol. The van der Waals surface area contributed by atoms with Crippen molar-refractivity contribution in [3.05, 3.63) is 23.8 Å². The zero-order valence-corrected chi connectivity index (χ0v) is 14.9. The minimum Gasteiger partial charge on any atom is -0.491 e. The number of anilines is 1. The summed E-state index contributed by atoms with van der Waals surface area (Å²) in [5, 5.41) is 5.43. The third-order valence-electron chi connectivity index (χ3n) is 4.49. The molecule has 0 aliphatic carbocycles. The maximum atomic E-state index is 12.6. The van der Waals surface area contributed by atoms with Crippen LogP contribution in [0.4, 0.5) is 10.5 Å². The Morgan fingerprint density at radius 2 is 2.12 bits per heavy atom. The van der Waals surface area contributed by atoms with Crippen LogP contribution in [0.5, 0.6) is 5.75 Å². The molecule has 1 saturated heterocycles. The van der Waals surface area contributed by atoms with Gasteiger partial charge in [-0.15, -0.1) is 0 Å². The van der Waals surface area contributed by atoms with E-state index in [0.29, 0.717) is 50.6 Å². The van der Waals surface area contributed by atoms with Gasteiger partial charge in [0.1, 0.15) is 12.4 Å². The molecule has 8 heteroatoms. The number of nitrogens with one attached hydrogen (secondary N) is 2. The lowest BCUT2D eigenvalue weighted by Crippen LogP contribution is -2.41. The number of carbonyl (C=O) groups excluding carboxylic acids is 3. The van der Waals surface area contributed by atoms with Crippen LogP contribution in [0.15, 0.2) is 18.2 Å². The summed E-state index contributed by atoms with van der Waals surface area (Å²) in [5.41, 5.74) is 1.47. The SMILES string of the molecule is CCNC(=O)Nc1ccc2c(c1)CN(C(=O)CN1CCCC1=O)CCO2. The molecule has 1 aromatic carbocycles. The number of benzene rings is 1. The predicted octanol–water partition coefficient (Wildman–Crippen LogP) is 1.17. The van der Waals surface area contributed by atoms with Crippen LogP contribution in [0.1, 0.15) is 25.3 Å². The third-order valence-corrected chi connectivity index (χ3v) is 4.49. The van der Waals surface area contributed by atoms with Crippen LogP contribution < -0.4 is 15.4 Å². The monoisotopic (exact) mass is 360 g/mol. The summed E-state index contributed by atoms with van der Waals surface area (Å²) in [7, 11) is 0. The highest BCUT2D eigenvalue weighted by molar-refractivity contribution is 5.89. The Labute approximate surface area is 152 Å². The molecule has 2 N–H and O–H groups in total. The lowest BCUT2D eigenvalue weighted by molar-refractivity contribution is -0.138. The molecule has 0 aromatic heterocycles. The van der Waals surface area contributed by atoms with Gasteiger partial charge in [-0.3, -0.25) is 9.59 Å². The summed E-state index contributed by atoms with van der Waals surface area (Å²) in [6, 6.07) is 5.11. The van der Waals surface area contributed by atoms with Gasteiger partial charge in [-0.25, -0.2) is 4.79 Å². The van der Waals surface area contributed by atoms with E-state index in [0.717, 1.165) is 12.0 Å². The third kappa shape index (κ3) is 4.25. The molecule has 0 unspecified atom stereocenters. The van der Waals surface area contributed by atoms with E-state index in [-0.39, 0.29) is 24.4 Å². The molecule has 3 rings (SSSR count). The van der Waals surface area contributed by atoms with Crippen LogP contribution >= 0.6 is 0 Å². The summed E-state index contributed by atoms with van der Waals surface area (Å²) in [6.07, 6.45) is 1.33. The van der Waals surface area contributed by atoms with E-state index in [1.54, 1.807) is 21.9 Å². The van der Waals surface area contributed by atoms with Gasteiger partial charge >= 0.3 is 6.03 Å². The number of rotatable bonds is 4. The summed E-state index contributed by atoms with van der Waals surface area (Å²) in [4.78, 5) is 39.4. The van der Waals surface area contributed by atoms with Crippen molar-refractivity contribution >= 4 is 23.5 Å². The highest BCUT2D eigenvalue weighted by atomic mass is 16.5. The largest absolute Gasteiger partial charge is 0.491 e. The van der Waals surface area contributed by atoms with Crippen molar-refractivity contribution < 1.29 is 19.1 Å². The fourth-order valence-electron chi connectivity index (χ4n) is 3.16. The number of amides is 4. The summed E-state index contributed by atoms with van der Waals surface area (Å²) >= 11 is 0. The van der Waals surface area contributed by atoms with E-state index in [9.17, 15) is 14.4 Å². The van der Waals surface area contributed by atoms with Gasteiger partial charge in [0, 0.05) is 37.3 Å². The van der Waals surface area contributed by atoms with Crippen molar-refractivity contribution in [1.82, 2.24) is 15.1 Å². The first-order chi connectivity index (χ1) is 12.6. The molecule has 2 aliphatic rings. The van der Waals surface area contributed by atoms with Gasteiger partial charge in [0.15, 0.2) is 0 Å². The van der Waals surface area contributed by atoms with Gasteiger partial charge in [0.25, 0.3) is 0 Å². The molecule has 0 radical (unpaired) electrons. The molecule has 26 heavy (non-hydrogen) atoms. The molecule has 4 amide bonds. The second kappa shape index (κ2) is 8.07. The number of carbonyl (C=O) groups is 3. The number of nitrogens with zero attached hydrogens (tertiary/aromatic N) is 2. The topological polar surface area (TPSA) is 91.0 Å². The zero-order valence-electron chi connectivity index (χ0n) is 14.9. The number of ether oxygens (including phenoxy) is 1. The molecule has 140 valence electrons. The van der Waals surface area contributed by atoms with Gasteiger partial charge in [-0.2, -0.15) is 0 Å². The Kier molecular flexibility index (Phi) is 5.60. The van der Waals surface area contributed by atoms with Crippen molar-refractivity contribution in [2.24, 2.45) is 0 Å². The molecule has 2 aliphatic heterocycles. The molecule has 8 nitrogen and oxygen atoms in total. The first-order valence-corrected chi connectivity index (χ1v) is 8.93. The smallest absolute Gasteiger partial charge is 0.319 e. The fourth-order valence-corrected chi connectivity index (χ4v) is 3.16. The number of hydrogen-bond donors (Lipinski definition) is 2. The average Bonchev–Trinajstić information content (AvgIpc) is 2.89. The van der Waals surface area contributed by atoms with Gasteiger partial charge in [0.05, 0.1) is 13.1 Å². The van der Waals surface area contributed by atoms with Crippen LogP contribution in [0, 0.1) is 0 Å². The summed E-state index contributed by atoms with van der Waals surface area (Å²) in [6.45, 7) is 4.40.